The molecule has 0 bridgehead atoms. The highest BCUT2D eigenvalue weighted by atomic mass is 127. The Bertz CT molecular complexity index is 965. The maximum absolute atomic E-state index is 6.07. The number of benzene rings is 1. The van der Waals surface area contributed by atoms with Gasteiger partial charge in [-0.15, -0.1) is 34.2 Å². The van der Waals surface area contributed by atoms with E-state index in [1.165, 1.54) is 24.8 Å². The Morgan fingerprint density at radius 2 is 1.93 bits per heavy atom. The summed E-state index contributed by atoms with van der Waals surface area (Å²) in [6, 6.07) is 14.1. The smallest absolute Gasteiger partial charge is 0.191 e. The highest BCUT2D eigenvalue weighted by Gasteiger charge is 2.38. The SMILES string of the molecule is CCNC(=NCc1nnc2ccccn12)NCC1(c2ccc(Cl)cc2)CCC1.I. The van der Waals surface area contributed by atoms with Crippen LogP contribution in [0.3, 0.4) is 0 Å². The van der Waals surface area contributed by atoms with Gasteiger partial charge in [-0.3, -0.25) is 4.40 Å². The minimum Gasteiger partial charge on any atom is -0.357 e. The maximum atomic E-state index is 6.07. The fourth-order valence-corrected chi connectivity index (χ4v) is 3.84. The predicted octanol–water partition coefficient (Wildman–Crippen LogP) is 4.18. The van der Waals surface area contributed by atoms with Crippen molar-refractivity contribution in [2.75, 3.05) is 13.1 Å². The number of fused-ring (bicyclic) bond motifs is 1. The van der Waals surface area contributed by atoms with Gasteiger partial charge in [0.1, 0.15) is 6.54 Å². The first-order valence-corrected chi connectivity index (χ1v) is 10.1. The van der Waals surface area contributed by atoms with Crippen molar-refractivity contribution in [1.82, 2.24) is 25.2 Å². The van der Waals surface area contributed by atoms with Crippen molar-refractivity contribution >= 4 is 47.2 Å². The first kappa shape index (κ1) is 21.8. The van der Waals surface area contributed by atoms with E-state index in [0.29, 0.717) is 6.54 Å². The molecular formula is C21H26ClIN6. The lowest BCUT2D eigenvalue weighted by Gasteiger charge is -2.43. The largest absolute Gasteiger partial charge is 0.357 e. The Morgan fingerprint density at radius 1 is 1.14 bits per heavy atom. The molecule has 2 N–H and O–H groups in total. The lowest BCUT2D eigenvalue weighted by atomic mass is 9.64. The van der Waals surface area contributed by atoms with Gasteiger partial charge in [-0.2, -0.15) is 0 Å². The molecule has 0 radical (unpaired) electrons. The fraction of sp³-hybridized carbons (Fsp3) is 0.381. The van der Waals surface area contributed by atoms with Crippen LogP contribution < -0.4 is 10.6 Å². The minimum atomic E-state index is 0. The summed E-state index contributed by atoms with van der Waals surface area (Å²) in [5.74, 6) is 1.62. The van der Waals surface area contributed by atoms with Crippen LogP contribution in [0.25, 0.3) is 5.65 Å². The number of nitrogens with one attached hydrogen (secondary N) is 2. The molecule has 0 spiro atoms. The average Bonchev–Trinajstić information content (AvgIpc) is 3.09. The molecule has 1 fully saturated rings. The minimum absolute atomic E-state index is 0. The summed E-state index contributed by atoms with van der Waals surface area (Å²) in [7, 11) is 0. The normalized spacial score (nSPS) is 15.4. The molecule has 0 atom stereocenters. The summed E-state index contributed by atoms with van der Waals surface area (Å²) in [6.45, 7) is 4.19. The van der Waals surface area contributed by atoms with Crippen LogP contribution in [0.15, 0.2) is 53.7 Å². The lowest BCUT2D eigenvalue weighted by molar-refractivity contribution is 0.244. The molecule has 4 rings (SSSR count). The van der Waals surface area contributed by atoms with E-state index in [4.69, 9.17) is 16.6 Å². The van der Waals surface area contributed by atoms with Crippen LogP contribution in [-0.4, -0.2) is 33.6 Å². The third-order valence-corrected chi connectivity index (χ3v) is 5.72. The number of nitrogens with zero attached hydrogens (tertiary/aromatic N) is 4. The molecule has 3 aromatic rings. The van der Waals surface area contributed by atoms with Gasteiger partial charge in [-0.1, -0.05) is 36.2 Å². The van der Waals surface area contributed by atoms with Crippen molar-refractivity contribution in [2.24, 2.45) is 4.99 Å². The van der Waals surface area contributed by atoms with Crippen LogP contribution in [0, 0.1) is 0 Å². The topological polar surface area (TPSA) is 66.6 Å². The Kier molecular flexibility index (Phi) is 7.34. The molecule has 2 heterocycles. The summed E-state index contributed by atoms with van der Waals surface area (Å²) in [6.07, 6.45) is 5.57. The van der Waals surface area contributed by atoms with Crippen molar-refractivity contribution < 1.29 is 0 Å². The second kappa shape index (κ2) is 9.75. The van der Waals surface area contributed by atoms with Gasteiger partial charge in [0.15, 0.2) is 17.4 Å². The molecule has 154 valence electrons. The second-order valence-electron chi connectivity index (χ2n) is 7.23. The quantitative estimate of drug-likeness (QED) is 0.288. The molecule has 0 aliphatic heterocycles. The third-order valence-electron chi connectivity index (χ3n) is 5.47. The van der Waals surface area contributed by atoms with Gasteiger partial charge in [-0.25, -0.2) is 4.99 Å². The van der Waals surface area contributed by atoms with E-state index in [1.54, 1.807) is 0 Å². The zero-order chi connectivity index (χ0) is 19.4. The number of hydrogen-bond donors (Lipinski definition) is 2. The van der Waals surface area contributed by atoms with Crippen LogP contribution >= 0.6 is 35.6 Å². The Hall–Kier alpha value is -1.87. The van der Waals surface area contributed by atoms with Gasteiger partial charge in [-0.05, 0) is 49.6 Å². The van der Waals surface area contributed by atoms with Gasteiger partial charge in [0.25, 0.3) is 0 Å². The molecule has 0 unspecified atom stereocenters. The summed E-state index contributed by atoms with van der Waals surface area (Å²) in [5.41, 5.74) is 2.33. The van der Waals surface area contributed by atoms with E-state index in [2.05, 4.69) is 39.9 Å². The van der Waals surface area contributed by atoms with Gasteiger partial charge in [0.2, 0.25) is 0 Å². The summed E-state index contributed by atoms with van der Waals surface area (Å²) in [4.78, 5) is 4.73. The monoisotopic (exact) mass is 524 g/mol. The number of halogens is 2. The highest BCUT2D eigenvalue weighted by Crippen LogP contribution is 2.43. The number of aromatic nitrogens is 3. The summed E-state index contributed by atoms with van der Waals surface area (Å²) >= 11 is 6.07. The van der Waals surface area contributed by atoms with Gasteiger partial charge in [0, 0.05) is 29.7 Å². The fourth-order valence-electron chi connectivity index (χ4n) is 3.72. The van der Waals surface area contributed by atoms with Crippen LogP contribution in [0.2, 0.25) is 5.02 Å². The van der Waals surface area contributed by atoms with Crippen molar-refractivity contribution in [3.8, 4) is 0 Å². The molecule has 1 saturated carbocycles. The zero-order valence-corrected chi connectivity index (χ0v) is 19.5. The molecule has 1 aliphatic rings. The van der Waals surface area contributed by atoms with E-state index in [9.17, 15) is 0 Å². The molecule has 0 amide bonds. The van der Waals surface area contributed by atoms with E-state index in [0.717, 1.165) is 35.5 Å². The first-order valence-electron chi connectivity index (χ1n) is 9.77. The second-order valence-corrected chi connectivity index (χ2v) is 7.67. The maximum Gasteiger partial charge on any atom is 0.191 e. The summed E-state index contributed by atoms with van der Waals surface area (Å²) in [5, 5.41) is 16.1. The molecule has 6 nitrogen and oxygen atoms in total. The average molecular weight is 525 g/mol. The zero-order valence-electron chi connectivity index (χ0n) is 16.4. The van der Waals surface area contributed by atoms with E-state index in [1.807, 2.05) is 40.9 Å². The van der Waals surface area contributed by atoms with Gasteiger partial charge < -0.3 is 10.6 Å². The number of aliphatic imine (C=N–C) groups is 1. The Morgan fingerprint density at radius 3 is 2.62 bits per heavy atom. The van der Waals surface area contributed by atoms with Gasteiger partial charge >= 0.3 is 0 Å². The predicted molar refractivity (Wildman–Crippen MR) is 128 cm³/mol. The number of rotatable bonds is 6. The van der Waals surface area contributed by atoms with Crippen LogP contribution in [0.4, 0.5) is 0 Å². The number of pyridine rings is 1. The third kappa shape index (κ3) is 4.83. The molecular weight excluding hydrogens is 499 g/mol. The van der Waals surface area contributed by atoms with Crippen LogP contribution in [0.1, 0.15) is 37.6 Å². The number of hydrogen-bond acceptors (Lipinski definition) is 3. The van der Waals surface area contributed by atoms with Crippen molar-refractivity contribution in [3.05, 3.63) is 65.1 Å². The van der Waals surface area contributed by atoms with E-state index in [-0.39, 0.29) is 29.4 Å². The highest BCUT2D eigenvalue weighted by molar-refractivity contribution is 14.0. The van der Waals surface area contributed by atoms with E-state index >= 15 is 0 Å². The van der Waals surface area contributed by atoms with E-state index < -0.39 is 0 Å². The Labute approximate surface area is 193 Å². The molecule has 1 aromatic carbocycles. The van der Waals surface area contributed by atoms with Gasteiger partial charge in [0.05, 0.1) is 0 Å². The van der Waals surface area contributed by atoms with Crippen molar-refractivity contribution in [3.63, 3.8) is 0 Å². The van der Waals surface area contributed by atoms with Crippen LogP contribution in [-0.2, 0) is 12.0 Å². The molecule has 1 aliphatic carbocycles. The number of guanidine groups is 1. The van der Waals surface area contributed by atoms with Crippen LogP contribution in [0.5, 0.6) is 0 Å². The van der Waals surface area contributed by atoms with Crippen molar-refractivity contribution in [1.29, 1.82) is 0 Å². The molecule has 0 saturated heterocycles. The molecule has 29 heavy (non-hydrogen) atoms. The van der Waals surface area contributed by atoms with Crippen molar-refractivity contribution in [2.45, 2.75) is 38.1 Å². The Balaban J connectivity index is 0.00000240. The molecule has 2 aromatic heterocycles. The first-order chi connectivity index (χ1) is 13.7. The summed E-state index contributed by atoms with van der Waals surface area (Å²) < 4.78 is 1.97. The molecule has 8 heteroatoms. The standard InChI is InChI=1S/C21H25ClN6.HI/c1-2-23-20(24-14-19-27-26-18-6-3-4-13-28(18)19)25-15-21(11-5-12-21)16-7-9-17(22)10-8-16;/h3-4,6-10,13H,2,5,11-12,14-15H2,1H3,(H2,23,24,25);1H. The lowest BCUT2D eigenvalue weighted by Crippen LogP contribution is -2.48.